The van der Waals surface area contributed by atoms with Crippen molar-refractivity contribution in [1.29, 1.82) is 0 Å². The van der Waals surface area contributed by atoms with E-state index in [1.54, 1.807) is 30.3 Å². The summed E-state index contributed by atoms with van der Waals surface area (Å²) in [5, 5.41) is 15.7. The molecule has 5 rings (SSSR count). The number of nitro benzene ring substituents is 1. The van der Waals surface area contributed by atoms with Gasteiger partial charge in [0.05, 0.1) is 34.7 Å². The number of nitro groups is 1. The molecular formula is C29H20N4O6. The standard InChI is InChI=1S/C29H20N4O6/c1-38-26-17-19(11-16-25(26)39-29(35)21-12-14-22(15-13-21)33(36)37)18-30-32-27(20-7-3-2-4-8-20)31-24-10-6-5-9-23(24)28(32)34/h2-18H,1H3. The molecule has 0 N–H and O–H groups in total. The molecule has 5 aromatic rings. The zero-order valence-corrected chi connectivity index (χ0v) is 20.6. The van der Waals surface area contributed by atoms with Gasteiger partial charge in [0.1, 0.15) is 0 Å². The lowest BCUT2D eigenvalue weighted by Crippen LogP contribution is -2.20. The van der Waals surface area contributed by atoms with Crippen LogP contribution in [0.4, 0.5) is 5.69 Å². The van der Waals surface area contributed by atoms with E-state index >= 15 is 0 Å². The van der Waals surface area contributed by atoms with Crippen molar-refractivity contribution >= 4 is 28.8 Å². The number of hydrogen-bond donors (Lipinski definition) is 0. The van der Waals surface area contributed by atoms with Crippen LogP contribution in [0.25, 0.3) is 22.3 Å². The van der Waals surface area contributed by atoms with E-state index < -0.39 is 10.9 Å². The SMILES string of the molecule is COc1cc(C=Nn2c(-c3ccccc3)nc3ccccc3c2=O)ccc1OC(=O)c1ccc([N+](=O)[O-])cc1. The molecule has 1 aromatic heterocycles. The molecule has 0 aliphatic heterocycles. The lowest BCUT2D eigenvalue weighted by atomic mass is 10.2. The highest BCUT2D eigenvalue weighted by molar-refractivity contribution is 5.92. The quantitative estimate of drug-likeness (QED) is 0.0963. The van der Waals surface area contributed by atoms with E-state index in [1.165, 1.54) is 48.3 Å². The Morgan fingerprint density at radius 1 is 0.949 bits per heavy atom. The van der Waals surface area contributed by atoms with Gasteiger partial charge in [0.2, 0.25) is 0 Å². The molecule has 0 aliphatic rings. The second-order valence-electron chi connectivity index (χ2n) is 8.28. The Morgan fingerprint density at radius 2 is 1.67 bits per heavy atom. The second-order valence-corrected chi connectivity index (χ2v) is 8.28. The zero-order valence-electron chi connectivity index (χ0n) is 20.6. The van der Waals surface area contributed by atoms with Gasteiger partial charge in [0, 0.05) is 17.7 Å². The molecule has 4 aromatic carbocycles. The molecule has 0 fully saturated rings. The highest BCUT2D eigenvalue weighted by Gasteiger charge is 2.15. The van der Waals surface area contributed by atoms with Crippen LogP contribution in [0.1, 0.15) is 15.9 Å². The summed E-state index contributed by atoms with van der Waals surface area (Å²) in [6.07, 6.45) is 1.48. The molecule has 0 spiro atoms. The first kappa shape index (κ1) is 25.0. The van der Waals surface area contributed by atoms with Gasteiger partial charge in [-0.1, -0.05) is 42.5 Å². The van der Waals surface area contributed by atoms with Crippen LogP contribution in [-0.4, -0.2) is 33.9 Å². The average Bonchev–Trinajstić information content (AvgIpc) is 2.97. The minimum atomic E-state index is -0.703. The molecule has 0 radical (unpaired) electrons. The highest BCUT2D eigenvalue weighted by atomic mass is 16.6. The van der Waals surface area contributed by atoms with Crippen LogP contribution in [0.3, 0.4) is 0 Å². The number of carbonyl (C=O) groups excluding carboxylic acids is 1. The van der Waals surface area contributed by atoms with Crippen LogP contribution >= 0.6 is 0 Å². The second kappa shape index (κ2) is 10.8. The van der Waals surface area contributed by atoms with Gasteiger partial charge in [-0.3, -0.25) is 14.9 Å². The van der Waals surface area contributed by atoms with Crippen molar-refractivity contribution in [2.24, 2.45) is 5.10 Å². The predicted molar refractivity (Wildman–Crippen MR) is 145 cm³/mol. The van der Waals surface area contributed by atoms with Gasteiger partial charge in [-0.15, -0.1) is 0 Å². The number of benzene rings is 4. The maximum Gasteiger partial charge on any atom is 0.343 e. The summed E-state index contributed by atoms with van der Waals surface area (Å²) < 4.78 is 12.1. The minimum Gasteiger partial charge on any atom is -0.493 e. The van der Waals surface area contributed by atoms with E-state index in [4.69, 9.17) is 9.47 Å². The van der Waals surface area contributed by atoms with Crippen molar-refractivity contribution in [1.82, 2.24) is 9.66 Å². The average molecular weight is 521 g/mol. The van der Waals surface area contributed by atoms with Gasteiger partial charge in [-0.2, -0.15) is 9.78 Å². The minimum absolute atomic E-state index is 0.135. The first-order valence-corrected chi connectivity index (χ1v) is 11.7. The Kier molecular flexibility index (Phi) is 6.91. The first-order valence-electron chi connectivity index (χ1n) is 11.7. The number of esters is 1. The summed E-state index contributed by atoms with van der Waals surface area (Å²) >= 11 is 0. The number of aromatic nitrogens is 2. The number of hydrogen-bond acceptors (Lipinski definition) is 8. The zero-order chi connectivity index (χ0) is 27.4. The molecule has 10 heteroatoms. The van der Waals surface area contributed by atoms with Crippen molar-refractivity contribution in [2.75, 3.05) is 7.11 Å². The number of rotatable bonds is 7. The van der Waals surface area contributed by atoms with Crippen molar-refractivity contribution < 1.29 is 19.2 Å². The largest absolute Gasteiger partial charge is 0.493 e. The third-order valence-electron chi connectivity index (χ3n) is 5.81. The summed E-state index contributed by atoms with van der Waals surface area (Å²) in [7, 11) is 1.42. The summed E-state index contributed by atoms with van der Waals surface area (Å²) in [6.45, 7) is 0. The molecule has 0 saturated heterocycles. The normalized spacial score (nSPS) is 11.0. The fraction of sp³-hybridized carbons (Fsp3) is 0.0345. The van der Waals surface area contributed by atoms with Crippen molar-refractivity contribution in [3.63, 3.8) is 0 Å². The Hall–Kier alpha value is -5.64. The van der Waals surface area contributed by atoms with Gasteiger partial charge >= 0.3 is 5.97 Å². The smallest absolute Gasteiger partial charge is 0.343 e. The fourth-order valence-electron chi connectivity index (χ4n) is 3.86. The maximum atomic E-state index is 13.3. The molecule has 10 nitrogen and oxygen atoms in total. The van der Waals surface area contributed by atoms with Crippen LogP contribution in [-0.2, 0) is 0 Å². The van der Waals surface area contributed by atoms with Crippen LogP contribution in [0.5, 0.6) is 11.5 Å². The van der Waals surface area contributed by atoms with E-state index in [9.17, 15) is 19.7 Å². The highest BCUT2D eigenvalue weighted by Crippen LogP contribution is 2.29. The first-order chi connectivity index (χ1) is 18.9. The number of methoxy groups -OCH3 is 1. The molecule has 0 unspecified atom stereocenters. The van der Waals surface area contributed by atoms with Crippen LogP contribution in [0.2, 0.25) is 0 Å². The number of carbonyl (C=O) groups is 1. The van der Waals surface area contributed by atoms with Gasteiger partial charge in [-0.25, -0.2) is 9.78 Å². The molecule has 0 amide bonds. The monoisotopic (exact) mass is 520 g/mol. The predicted octanol–water partition coefficient (Wildman–Crippen LogP) is 5.08. The van der Waals surface area contributed by atoms with E-state index in [1.807, 2.05) is 36.4 Å². The number of ether oxygens (including phenoxy) is 2. The summed E-state index contributed by atoms with van der Waals surface area (Å²) in [5.74, 6) is 0.0797. The number of fused-ring (bicyclic) bond motifs is 1. The summed E-state index contributed by atoms with van der Waals surface area (Å²) in [4.78, 5) is 40.8. The number of nitrogens with zero attached hydrogens (tertiary/aromatic N) is 4. The van der Waals surface area contributed by atoms with Crippen molar-refractivity contribution in [3.05, 3.63) is 129 Å². The van der Waals surface area contributed by atoms with Crippen molar-refractivity contribution in [3.8, 4) is 22.9 Å². The molecule has 39 heavy (non-hydrogen) atoms. The third-order valence-corrected chi connectivity index (χ3v) is 5.81. The van der Waals surface area contributed by atoms with Gasteiger partial charge in [-0.05, 0) is 48.0 Å². The van der Waals surface area contributed by atoms with Gasteiger partial charge < -0.3 is 9.47 Å². The van der Waals surface area contributed by atoms with Crippen LogP contribution < -0.4 is 15.0 Å². The van der Waals surface area contributed by atoms with Crippen LogP contribution in [0.15, 0.2) is 107 Å². The Bertz CT molecular complexity index is 1780. The molecule has 192 valence electrons. The third kappa shape index (κ3) is 5.25. The molecule has 0 bridgehead atoms. The number of para-hydroxylation sites is 1. The maximum absolute atomic E-state index is 13.3. The van der Waals surface area contributed by atoms with E-state index in [2.05, 4.69) is 10.1 Å². The topological polar surface area (TPSA) is 126 Å². The van der Waals surface area contributed by atoms with E-state index in [0.717, 1.165) is 5.56 Å². The Balaban J connectivity index is 1.46. The lowest BCUT2D eigenvalue weighted by molar-refractivity contribution is -0.384. The summed E-state index contributed by atoms with van der Waals surface area (Å²) in [5.41, 5.74) is 1.54. The lowest BCUT2D eigenvalue weighted by Gasteiger charge is -2.11. The van der Waals surface area contributed by atoms with E-state index in [0.29, 0.717) is 22.3 Å². The Labute approximate surface area is 221 Å². The van der Waals surface area contributed by atoms with Gasteiger partial charge in [0.25, 0.3) is 11.2 Å². The van der Waals surface area contributed by atoms with E-state index in [-0.39, 0.29) is 28.3 Å². The molecule has 0 aliphatic carbocycles. The van der Waals surface area contributed by atoms with Crippen LogP contribution in [0, 0.1) is 10.1 Å². The van der Waals surface area contributed by atoms with Crippen molar-refractivity contribution in [2.45, 2.75) is 0 Å². The van der Waals surface area contributed by atoms with Gasteiger partial charge in [0.15, 0.2) is 17.3 Å². The fourth-order valence-corrected chi connectivity index (χ4v) is 3.86. The summed E-state index contributed by atoms with van der Waals surface area (Å²) in [6, 6.07) is 26.2. The molecule has 1 heterocycles. The number of non-ortho nitro benzene ring substituents is 1. The molecular weight excluding hydrogens is 500 g/mol. The molecule has 0 atom stereocenters. The Morgan fingerprint density at radius 3 is 2.38 bits per heavy atom. The molecule has 0 saturated carbocycles.